The van der Waals surface area contributed by atoms with Crippen LogP contribution in [0.2, 0.25) is 0 Å². The fourth-order valence-electron chi connectivity index (χ4n) is 2.37. The molecule has 0 aliphatic heterocycles. The van der Waals surface area contributed by atoms with E-state index in [0.29, 0.717) is 18.1 Å². The number of carbonyl (C=O) groups excluding carboxylic acids is 1. The fourth-order valence-corrected chi connectivity index (χ4v) is 2.37. The van der Waals surface area contributed by atoms with Gasteiger partial charge in [0.15, 0.2) is 0 Å². The SMILES string of the molecule is CC(C)COc1ccc(C(=O)Nc2cccc3ncccc23)cc1. The van der Waals surface area contributed by atoms with Crippen molar-refractivity contribution in [2.75, 3.05) is 11.9 Å². The molecule has 0 atom stereocenters. The van der Waals surface area contributed by atoms with Crippen molar-refractivity contribution in [1.29, 1.82) is 0 Å². The third-order valence-electron chi connectivity index (χ3n) is 3.59. The molecule has 1 N–H and O–H groups in total. The number of nitrogens with zero attached hydrogens (tertiary/aromatic N) is 1. The minimum absolute atomic E-state index is 0.151. The maximum atomic E-state index is 12.5. The van der Waals surface area contributed by atoms with Gasteiger partial charge in [0.1, 0.15) is 5.75 Å². The number of nitrogens with one attached hydrogen (secondary N) is 1. The Balaban J connectivity index is 1.74. The molecule has 4 nitrogen and oxygen atoms in total. The molecule has 24 heavy (non-hydrogen) atoms. The molecule has 1 amide bonds. The average Bonchev–Trinajstić information content (AvgIpc) is 2.60. The van der Waals surface area contributed by atoms with Gasteiger partial charge < -0.3 is 10.1 Å². The topological polar surface area (TPSA) is 51.2 Å². The van der Waals surface area contributed by atoms with Crippen molar-refractivity contribution < 1.29 is 9.53 Å². The van der Waals surface area contributed by atoms with Gasteiger partial charge in [0.2, 0.25) is 0 Å². The van der Waals surface area contributed by atoms with E-state index in [0.717, 1.165) is 22.3 Å². The quantitative estimate of drug-likeness (QED) is 0.752. The van der Waals surface area contributed by atoms with Gasteiger partial charge in [-0.3, -0.25) is 9.78 Å². The third-order valence-corrected chi connectivity index (χ3v) is 3.59. The lowest BCUT2D eigenvalue weighted by Gasteiger charge is -2.10. The van der Waals surface area contributed by atoms with Crippen molar-refractivity contribution in [3.05, 3.63) is 66.4 Å². The van der Waals surface area contributed by atoms with E-state index in [4.69, 9.17) is 4.74 Å². The number of ether oxygens (including phenoxy) is 1. The molecule has 122 valence electrons. The van der Waals surface area contributed by atoms with Crippen LogP contribution in [0, 0.1) is 5.92 Å². The summed E-state index contributed by atoms with van der Waals surface area (Å²) in [4.78, 5) is 16.8. The number of benzene rings is 2. The van der Waals surface area contributed by atoms with Crippen molar-refractivity contribution in [3.8, 4) is 5.75 Å². The predicted molar refractivity (Wildman–Crippen MR) is 96.5 cm³/mol. The van der Waals surface area contributed by atoms with E-state index in [-0.39, 0.29) is 5.91 Å². The van der Waals surface area contributed by atoms with Gasteiger partial charge in [-0.2, -0.15) is 0 Å². The van der Waals surface area contributed by atoms with Crippen molar-refractivity contribution in [3.63, 3.8) is 0 Å². The standard InChI is InChI=1S/C20H20N2O2/c1-14(2)13-24-16-10-8-15(9-11-16)20(23)22-19-7-3-6-18-17(19)5-4-12-21-18/h3-12,14H,13H2,1-2H3,(H,22,23). The lowest BCUT2D eigenvalue weighted by Crippen LogP contribution is -2.12. The van der Waals surface area contributed by atoms with Gasteiger partial charge in [-0.1, -0.05) is 19.9 Å². The van der Waals surface area contributed by atoms with E-state index in [1.165, 1.54) is 0 Å². The number of hydrogen-bond acceptors (Lipinski definition) is 3. The first kappa shape index (κ1) is 16.0. The Bertz CT molecular complexity index is 836. The first-order valence-electron chi connectivity index (χ1n) is 8.01. The maximum absolute atomic E-state index is 12.5. The summed E-state index contributed by atoms with van der Waals surface area (Å²) in [6, 6.07) is 16.7. The molecular formula is C20H20N2O2. The van der Waals surface area contributed by atoms with Crippen LogP contribution in [-0.4, -0.2) is 17.5 Å². The molecular weight excluding hydrogens is 300 g/mol. The highest BCUT2D eigenvalue weighted by Crippen LogP contribution is 2.22. The Labute approximate surface area is 141 Å². The summed E-state index contributed by atoms with van der Waals surface area (Å²) >= 11 is 0. The Morgan fingerprint density at radius 2 is 1.88 bits per heavy atom. The number of anilines is 1. The summed E-state index contributed by atoms with van der Waals surface area (Å²) in [6.07, 6.45) is 1.74. The van der Waals surface area contributed by atoms with Crippen LogP contribution in [0.4, 0.5) is 5.69 Å². The highest BCUT2D eigenvalue weighted by Gasteiger charge is 2.09. The van der Waals surface area contributed by atoms with Crippen LogP contribution in [0.3, 0.4) is 0 Å². The average molecular weight is 320 g/mol. The van der Waals surface area contributed by atoms with Crippen molar-refractivity contribution in [2.45, 2.75) is 13.8 Å². The van der Waals surface area contributed by atoms with Crippen LogP contribution >= 0.6 is 0 Å². The van der Waals surface area contributed by atoms with Crippen LogP contribution in [-0.2, 0) is 0 Å². The monoisotopic (exact) mass is 320 g/mol. The fraction of sp³-hybridized carbons (Fsp3) is 0.200. The predicted octanol–water partition coefficient (Wildman–Crippen LogP) is 4.52. The van der Waals surface area contributed by atoms with E-state index >= 15 is 0 Å². The van der Waals surface area contributed by atoms with Crippen LogP contribution in [0.15, 0.2) is 60.8 Å². The summed E-state index contributed by atoms with van der Waals surface area (Å²) in [5.41, 5.74) is 2.20. The molecule has 0 saturated heterocycles. The van der Waals surface area contributed by atoms with E-state index in [1.807, 2.05) is 42.5 Å². The number of pyridine rings is 1. The van der Waals surface area contributed by atoms with Gasteiger partial charge in [-0.25, -0.2) is 0 Å². The second kappa shape index (κ2) is 7.13. The Hall–Kier alpha value is -2.88. The molecule has 2 aromatic carbocycles. The normalized spacial score (nSPS) is 10.8. The third kappa shape index (κ3) is 3.71. The second-order valence-corrected chi connectivity index (χ2v) is 6.06. The minimum atomic E-state index is -0.151. The molecule has 0 aliphatic carbocycles. The number of hydrogen-bond donors (Lipinski definition) is 1. The van der Waals surface area contributed by atoms with Gasteiger partial charge in [-0.15, -0.1) is 0 Å². The van der Waals surface area contributed by atoms with Gasteiger partial charge >= 0.3 is 0 Å². The Morgan fingerprint density at radius 3 is 2.62 bits per heavy atom. The van der Waals surface area contributed by atoms with Gasteiger partial charge in [0.25, 0.3) is 5.91 Å². The number of aromatic nitrogens is 1. The zero-order valence-corrected chi connectivity index (χ0v) is 13.8. The summed E-state index contributed by atoms with van der Waals surface area (Å²) in [5, 5.41) is 3.87. The summed E-state index contributed by atoms with van der Waals surface area (Å²) < 4.78 is 5.64. The maximum Gasteiger partial charge on any atom is 0.255 e. The minimum Gasteiger partial charge on any atom is -0.493 e. The molecule has 0 unspecified atom stereocenters. The largest absolute Gasteiger partial charge is 0.493 e. The van der Waals surface area contributed by atoms with Crippen LogP contribution in [0.25, 0.3) is 10.9 Å². The van der Waals surface area contributed by atoms with Crippen molar-refractivity contribution in [2.24, 2.45) is 5.92 Å². The van der Waals surface area contributed by atoms with Crippen molar-refractivity contribution >= 4 is 22.5 Å². The molecule has 0 spiro atoms. The van der Waals surface area contributed by atoms with Crippen LogP contribution in [0.1, 0.15) is 24.2 Å². The first-order valence-corrected chi connectivity index (χ1v) is 8.01. The van der Waals surface area contributed by atoms with E-state index in [1.54, 1.807) is 18.3 Å². The van der Waals surface area contributed by atoms with Crippen LogP contribution < -0.4 is 10.1 Å². The molecule has 0 radical (unpaired) electrons. The molecule has 0 saturated carbocycles. The lowest BCUT2D eigenvalue weighted by molar-refractivity contribution is 0.102. The highest BCUT2D eigenvalue weighted by atomic mass is 16.5. The molecule has 1 heterocycles. The summed E-state index contributed by atoms with van der Waals surface area (Å²) in [5.74, 6) is 1.09. The number of rotatable bonds is 5. The smallest absolute Gasteiger partial charge is 0.255 e. The Kier molecular flexibility index (Phi) is 4.75. The van der Waals surface area contributed by atoms with Crippen molar-refractivity contribution in [1.82, 2.24) is 4.98 Å². The van der Waals surface area contributed by atoms with Gasteiger partial charge in [0.05, 0.1) is 17.8 Å². The molecule has 0 fully saturated rings. The van der Waals surface area contributed by atoms with E-state index in [9.17, 15) is 4.79 Å². The number of amides is 1. The highest BCUT2D eigenvalue weighted by molar-refractivity contribution is 6.08. The molecule has 3 rings (SSSR count). The molecule has 4 heteroatoms. The zero-order chi connectivity index (χ0) is 16.9. The van der Waals surface area contributed by atoms with Gasteiger partial charge in [0, 0.05) is 17.1 Å². The molecule has 3 aromatic rings. The Morgan fingerprint density at radius 1 is 1.08 bits per heavy atom. The van der Waals surface area contributed by atoms with E-state index in [2.05, 4.69) is 24.1 Å². The summed E-state index contributed by atoms with van der Waals surface area (Å²) in [6.45, 7) is 4.86. The first-order chi connectivity index (χ1) is 11.6. The summed E-state index contributed by atoms with van der Waals surface area (Å²) in [7, 11) is 0. The molecule has 0 bridgehead atoms. The second-order valence-electron chi connectivity index (χ2n) is 6.06. The lowest BCUT2D eigenvalue weighted by atomic mass is 10.1. The molecule has 1 aromatic heterocycles. The van der Waals surface area contributed by atoms with E-state index < -0.39 is 0 Å². The van der Waals surface area contributed by atoms with Crippen LogP contribution in [0.5, 0.6) is 5.75 Å². The number of fused-ring (bicyclic) bond motifs is 1. The van der Waals surface area contributed by atoms with Gasteiger partial charge in [-0.05, 0) is 54.4 Å². The number of carbonyl (C=O) groups is 1. The zero-order valence-electron chi connectivity index (χ0n) is 13.8. The molecule has 0 aliphatic rings.